The lowest BCUT2D eigenvalue weighted by atomic mass is 10.1. The van der Waals surface area contributed by atoms with Crippen LogP contribution in [-0.4, -0.2) is 40.6 Å². The smallest absolute Gasteiger partial charge is 0.335 e. The molecule has 6 nitrogen and oxygen atoms in total. The van der Waals surface area contributed by atoms with Gasteiger partial charge in [0, 0.05) is 22.9 Å². The van der Waals surface area contributed by atoms with Gasteiger partial charge in [0.05, 0.1) is 32.9 Å². The van der Waals surface area contributed by atoms with E-state index < -0.39 is 11.9 Å². The van der Waals surface area contributed by atoms with E-state index in [1.807, 2.05) is 12.1 Å². The van der Waals surface area contributed by atoms with Crippen molar-refractivity contribution in [3.05, 3.63) is 93.6 Å². The molecule has 1 unspecified atom stereocenters. The van der Waals surface area contributed by atoms with E-state index in [2.05, 4.69) is 54.9 Å². The van der Waals surface area contributed by atoms with Gasteiger partial charge in [-0.05, 0) is 91.8 Å². The Bertz CT molecular complexity index is 1510. The van der Waals surface area contributed by atoms with E-state index in [1.165, 1.54) is 16.7 Å². The molecule has 8 heteroatoms. The van der Waals surface area contributed by atoms with E-state index in [1.54, 1.807) is 47.8 Å². The summed E-state index contributed by atoms with van der Waals surface area (Å²) in [6.45, 7) is 8.43. The maximum atomic E-state index is 11.5. The van der Waals surface area contributed by atoms with Crippen molar-refractivity contribution >= 4 is 46.8 Å². The van der Waals surface area contributed by atoms with Gasteiger partial charge in [-0.2, -0.15) is 0 Å². The first-order chi connectivity index (χ1) is 20.3. The number of unbranched alkanes of at least 4 members (excludes halogenated alkanes) is 2. The molecular weight excluding hydrogens is 565 g/mol. The van der Waals surface area contributed by atoms with Crippen molar-refractivity contribution in [2.24, 2.45) is 0 Å². The van der Waals surface area contributed by atoms with Crippen LogP contribution in [0.3, 0.4) is 0 Å². The Morgan fingerprint density at radius 1 is 0.905 bits per heavy atom. The van der Waals surface area contributed by atoms with E-state index >= 15 is 0 Å². The highest BCUT2D eigenvalue weighted by atomic mass is 32.2. The summed E-state index contributed by atoms with van der Waals surface area (Å²) in [6.07, 6.45) is 15.3. The summed E-state index contributed by atoms with van der Waals surface area (Å²) in [7, 11) is 0. The fraction of sp³-hybridized carbons (Fsp3) is 0.353. The number of carboxylic acids is 2. The molecule has 2 aromatic carbocycles. The van der Waals surface area contributed by atoms with Crippen molar-refractivity contribution < 1.29 is 19.8 Å². The van der Waals surface area contributed by atoms with Crippen LogP contribution in [0, 0.1) is 0 Å². The normalized spacial score (nSPS) is 19.9. The molecule has 0 bridgehead atoms. The first kappa shape index (κ1) is 30.1. The molecule has 0 radical (unpaired) electrons. The van der Waals surface area contributed by atoms with Crippen molar-refractivity contribution in [2.75, 3.05) is 22.9 Å². The van der Waals surface area contributed by atoms with Crippen LogP contribution in [0.1, 0.15) is 80.0 Å². The minimum atomic E-state index is -0.899. The number of carboxylic acid groups (broad SMARTS) is 2. The molecule has 0 spiro atoms. The molecule has 0 fully saturated rings. The molecule has 5 rings (SSSR count). The average molecular weight is 603 g/mol. The summed E-state index contributed by atoms with van der Waals surface area (Å²) in [5.41, 5.74) is 6.84. The number of thioether (sulfide) groups is 2. The van der Waals surface area contributed by atoms with Crippen LogP contribution in [-0.2, 0) is 0 Å². The fourth-order valence-corrected chi connectivity index (χ4v) is 7.97. The van der Waals surface area contributed by atoms with Crippen LogP contribution < -0.4 is 9.80 Å². The summed E-state index contributed by atoms with van der Waals surface area (Å²) < 4.78 is 0. The number of rotatable bonds is 11. The first-order valence-electron chi connectivity index (χ1n) is 14.7. The van der Waals surface area contributed by atoms with E-state index in [0.717, 1.165) is 77.8 Å². The van der Waals surface area contributed by atoms with Gasteiger partial charge in [-0.3, -0.25) is 0 Å². The second kappa shape index (κ2) is 13.3. The van der Waals surface area contributed by atoms with Crippen LogP contribution >= 0.6 is 23.5 Å². The largest absolute Gasteiger partial charge is 0.478 e. The number of aromatic carboxylic acids is 2. The number of hydrogen-bond donors (Lipinski definition) is 2. The second-order valence-electron chi connectivity index (χ2n) is 10.8. The van der Waals surface area contributed by atoms with Crippen LogP contribution in [0.4, 0.5) is 11.4 Å². The van der Waals surface area contributed by atoms with Crippen LogP contribution in [0.2, 0.25) is 0 Å². The van der Waals surface area contributed by atoms with Gasteiger partial charge in [0.2, 0.25) is 0 Å². The Hall–Kier alpha value is -3.36. The number of anilines is 2. The molecule has 0 aromatic heterocycles. The molecular formula is C34H38N2O4S2. The van der Waals surface area contributed by atoms with Crippen LogP contribution in [0.5, 0.6) is 0 Å². The number of nitrogens with zero attached hydrogens (tertiary/aromatic N) is 2. The van der Waals surface area contributed by atoms with Crippen molar-refractivity contribution in [3.8, 4) is 0 Å². The molecule has 2 aliphatic heterocycles. The highest BCUT2D eigenvalue weighted by molar-refractivity contribution is 8.03. The highest BCUT2D eigenvalue weighted by Gasteiger charge is 2.29. The zero-order chi connectivity index (χ0) is 29.8. The van der Waals surface area contributed by atoms with E-state index in [4.69, 9.17) is 0 Å². The standard InChI is InChI=1S/C34H38N2O4S2/c1-4-6-18-35-27-14-10-25(33(37)38)20-29(27)41-31(35)16-12-23-8-9-24(22(23)3)13-17-32-36(19-7-5-2)28-15-11-26(34(39)40)21-30(28)42-32/h10-17,20-21,31H,4-9,18-19H2,1-3H3,(H,37,38)(H,39,40). The fourth-order valence-electron chi connectivity index (χ4n) is 5.58. The van der Waals surface area contributed by atoms with E-state index in [9.17, 15) is 19.8 Å². The monoisotopic (exact) mass is 602 g/mol. The maximum Gasteiger partial charge on any atom is 0.335 e. The maximum absolute atomic E-state index is 11.5. The molecule has 1 atom stereocenters. The van der Waals surface area contributed by atoms with Gasteiger partial charge in [-0.1, -0.05) is 68.4 Å². The molecule has 0 amide bonds. The Balaban J connectivity index is 1.35. The summed E-state index contributed by atoms with van der Waals surface area (Å²) in [5, 5.41) is 20.2. The van der Waals surface area contributed by atoms with Crippen molar-refractivity contribution in [2.45, 2.75) is 74.5 Å². The molecule has 3 aliphatic rings. The zero-order valence-corrected chi connectivity index (χ0v) is 26.1. The number of benzene rings is 2. The van der Waals surface area contributed by atoms with Gasteiger partial charge >= 0.3 is 11.9 Å². The Labute approximate surface area is 256 Å². The Morgan fingerprint density at radius 2 is 1.57 bits per heavy atom. The topological polar surface area (TPSA) is 81.1 Å². The SMILES string of the molecule is CCCCN1C(=CC=C2CCC(C=CC3Sc4cc(C(=O)O)ccc4N3CCCC)=C2C)Sc2cc(C(=O)O)ccc21. The quantitative estimate of drug-likeness (QED) is 0.264. The lowest BCUT2D eigenvalue weighted by Crippen LogP contribution is -2.28. The summed E-state index contributed by atoms with van der Waals surface area (Å²) in [6, 6.07) is 10.9. The number of allylic oxidation sites excluding steroid dienone is 6. The van der Waals surface area contributed by atoms with Crippen molar-refractivity contribution in [1.82, 2.24) is 0 Å². The molecule has 2 aromatic rings. The zero-order valence-electron chi connectivity index (χ0n) is 24.4. The van der Waals surface area contributed by atoms with Crippen molar-refractivity contribution in [1.29, 1.82) is 0 Å². The Morgan fingerprint density at radius 3 is 2.26 bits per heavy atom. The number of hydrogen-bond acceptors (Lipinski definition) is 6. The van der Waals surface area contributed by atoms with E-state index in [-0.39, 0.29) is 5.37 Å². The molecule has 0 saturated carbocycles. The molecule has 2 N–H and O–H groups in total. The van der Waals surface area contributed by atoms with Gasteiger partial charge < -0.3 is 20.0 Å². The predicted molar refractivity (Wildman–Crippen MR) is 174 cm³/mol. The predicted octanol–water partition coefficient (Wildman–Crippen LogP) is 8.97. The van der Waals surface area contributed by atoms with Gasteiger partial charge in [0.25, 0.3) is 0 Å². The number of carbonyl (C=O) groups is 2. The lowest BCUT2D eigenvalue weighted by Gasteiger charge is -2.24. The molecule has 42 heavy (non-hydrogen) atoms. The third-order valence-corrected chi connectivity index (χ3v) is 10.4. The lowest BCUT2D eigenvalue weighted by molar-refractivity contribution is 0.0686. The number of fused-ring (bicyclic) bond motifs is 2. The highest BCUT2D eigenvalue weighted by Crippen LogP contribution is 2.47. The summed E-state index contributed by atoms with van der Waals surface area (Å²) in [4.78, 5) is 29.8. The third-order valence-electron chi connectivity index (χ3n) is 8.05. The van der Waals surface area contributed by atoms with Crippen LogP contribution in [0.25, 0.3) is 0 Å². The van der Waals surface area contributed by atoms with Gasteiger partial charge in [0.15, 0.2) is 0 Å². The second-order valence-corrected chi connectivity index (χ2v) is 13.1. The van der Waals surface area contributed by atoms with Gasteiger partial charge in [-0.25, -0.2) is 9.59 Å². The minimum Gasteiger partial charge on any atom is -0.478 e. The summed E-state index contributed by atoms with van der Waals surface area (Å²) >= 11 is 3.37. The van der Waals surface area contributed by atoms with Crippen LogP contribution in [0.15, 0.2) is 92.2 Å². The molecule has 0 saturated heterocycles. The summed E-state index contributed by atoms with van der Waals surface area (Å²) in [5.74, 6) is -1.79. The molecule has 220 valence electrons. The molecule has 1 aliphatic carbocycles. The average Bonchev–Trinajstić information content (AvgIpc) is 3.63. The first-order valence-corrected chi connectivity index (χ1v) is 16.4. The van der Waals surface area contributed by atoms with Gasteiger partial charge in [-0.15, -0.1) is 0 Å². The Kier molecular flexibility index (Phi) is 9.53. The van der Waals surface area contributed by atoms with E-state index in [0.29, 0.717) is 11.1 Å². The third kappa shape index (κ3) is 6.35. The van der Waals surface area contributed by atoms with Gasteiger partial charge in [0.1, 0.15) is 0 Å². The minimum absolute atomic E-state index is 0.141. The van der Waals surface area contributed by atoms with Crippen molar-refractivity contribution in [3.63, 3.8) is 0 Å². The molecule has 2 heterocycles.